The summed E-state index contributed by atoms with van der Waals surface area (Å²) < 4.78 is 5.51. The first kappa shape index (κ1) is 24.1. The van der Waals surface area contributed by atoms with E-state index in [0.717, 1.165) is 88.1 Å². The van der Waals surface area contributed by atoms with Gasteiger partial charge in [-0.1, -0.05) is 12.8 Å². The number of carbonyl (C=O) groups is 1. The molecule has 2 aromatic heterocycles. The molecule has 0 bridgehead atoms. The molecule has 1 aliphatic carbocycles. The lowest BCUT2D eigenvalue weighted by Gasteiger charge is -2.40. The monoisotopic (exact) mass is 518 g/mol. The molecule has 38 heavy (non-hydrogen) atoms. The summed E-state index contributed by atoms with van der Waals surface area (Å²) >= 11 is 0. The van der Waals surface area contributed by atoms with Crippen molar-refractivity contribution in [2.75, 3.05) is 61.5 Å². The average Bonchev–Trinajstić information content (AvgIpc) is 3.69. The Kier molecular flexibility index (Phi) is 6.31. The van der Waals surface area contributed by atoms with Gasteiger partial charge in [-0.3, -0.25) is 9.69 Å². The second-order valence-corrected chi connectivity index (χ2v) is 11.5. The normalized spacial score (nSPS) is 26.8. The molecule has 5 aliphatic rings. The summed E-state index contributed by atoms with van der Waals surface area (Å²) in [7, 11) is 0. The van der Waals surface area contributed by atoms with Crippen molar-refractivity contribution in [3.8, 4) is 0 Å². The van der Waals surface area contributed by atoms with Gasteiger partial charge in [0.1, 0.15) is 17.2 Å². The van der Waals surface area contributed by atoms with Gasteiger partial charge in [0.05, 0.1) is 25.1 Å². The van der Waals surface area contributed by atoms with Crippen LogP contribution in [0.25, 0.3) is 0 Å². The molecule has 1 spiro atoms. The van der Waals surface area contributed by atoms with Gasteiger partial charge in [-0.25, -0.2) is 9.97 Å². The number of morpholine rings is 1. The largest absolute Gasteiger partial charge is 0.379 e. The molecule has 202 valence electrons. The molecule has 7 rings (SSSR count). The quantitative estimate of drug-likeness (QED) is 0.619. The molecule has 6 heterocycles. The lowest BCUT2D eigenvalue weighted by atomic mass is 9.94. The third-order valence-corrected chi connectivity index (χ3v) is 9.28. The van der Waals surface area contributed by atoms with E-state index in [1.165, 1.54) is 25.7 Å². The Balaban J connectivity index is 0.962. The molecular weight excluding hydrogens is 480 g/mol. The van der Waals surface area contributed by atoms with Crippen molar-refractivity contribution in [3.05, 3.63) is 30.1 Å². The third kappa shape index (κ3) is 4.47. The van der Waals surface area contributed by atoms with Crippen molar-refractivity contribution >= 4 is 29.2 Å². The number of likely N-dealkylation sites (tertiary alicyclic amines) is 1. The molecular formula is C28H38N8O2. The molecule has 10 heteroatoms. The van der Waals surface area contributed by atoms with Crippen LogP contribution in [0.1, 0.15) is 50.5 Å². The van der Waals surface area contributed by atoms with Crippen LogP contribution in [0.2, 0.25) is 0 Å². The van der Waals surface area contributed by atoms with Gasteiger partial charge in [-0.05, 0) is 44.2 Å². The van der Waals surface area contributed by atoms with Crippen LogP contribution in [0, 0.1) is 0 Å². The SMILES string of the molecule is O=C1N(C2CCCC2)CCC12Cc1cnc(Nc3ccc(N4CCC(N5CCOCC5)CC4)nc3)nc1N2. The van der Waals surface area contributed by atoms with Crippen molar-refractivity contribution in [2.24, 2.45) is 0 Å². The summed E-state index contributed by atoms with van der Waals surface area (Å²) in [5, 5.41) is 6.80. The number of carbonyl (C=O) groups excluding carboxylic acids is 1. The Labute approximate surface area is 224 Å². The van der Waals surface area contributed by atoms with Crippen LogP contribution in [-0.4, -0.2) is 94.2 Å². The average molecular weight is 519 g/mol. The number of rotatable bonds is 5. The van der Waals surface area contributed by atoms with Gasteiger partial charge in [-0.2, -0.15) is 4.98 Å². The molecule has 1 atom stereocenters. The van der Waals surface area contributed by atoms with E-state index in [4.69, 9.17) is 14.7 Å². The van der Waals surface area contributed by atoms with Crippen LogP contribution >= 0.6 is 0 Å². The number of fused-ring (bicyclic) bond motifs is 1. The lowest BCUT2D eigenvalue weighted by molar-refractivity contribution is -0.133. The van der Waals surface area contributed by atoms with Gasteiger partial charge in [0.2, 0.25) is 11.9 Å². The zero-order valence-electron chi connectivity index (χ0n) is 22.1. The Hall–Kier alpha value is -2.98. The van der Waals surface area contributed by atoms with Crippen LogP contribution in [0.4, 0.5) is 23.3 Å². The van der Waals surface area contributed by atoms with E-state index in [1.54, 1.807) is 0 Å². The molecule has 4 aliphatic heterocycles. The predicted molar refractivity (Wildman–Crippen MR) is 146 cm³/mol. The Morgan fingerprint density at radius 1 is 0.947 bits per heavy atom. The van der Waals surface area contributed by atoms with Gasteiger partial charge in [0.25, 0.3) is 0 Å². The number of anilines is 4. The van der Waals surface area contributed by atoms with E-state index in [9.17, 15) is 4.79 Å². The number of aromatic nitrogens is 3. The Bertz CT molecular complexity index is 1160. The Morgan fingerprint density at radius 3 is 2.53 bits per heavy atom. The standard InChI is InChI=1S/C28H38N8O2/c37-26-28(9-12-36(26)23-3-1-2-4-23)17-20-18-30-27(32-25(20)33-28)31-21-5-6-24(29-19-21)35-10-7-22(8-11-35)34-13-15-38-16-14-34/h5-6,18-19,22-23H,1-4,7-17H2,(H2,30,31,32,33). The molecule has 0 aromatic carbocycles. The summed E-state index contributed by atoms with van der Waals surface area (Å²) in [6.45, 7) is 6.72. The topological polar surface area (TPSA) is 98.8 Å². The molecule has 3 saturated heterocycles. The maximum Gasteiger partial charge on any atom is 0.248 e. The van der Waals surface area contributed by atoms with E-state index < -0.39 is 5.54 Å². The zero-order valence-corrected chi connectivity index (χ0v) is 22.1. The molecule has 1 unspecified atom stereocenters. The molecule has 2 N–H and O–H groups in total. The van der Waals surface area contributed by atoms with Crippen molar-refractivity contribution in [2.45, 2.75) is 69.0 Å². The first-order chi connectivity index (χ1) is 18.7. The van der Waals surface area contributed by atoms with E-state index >= 15 is 0 Å². The Morgan fingerprint density at radius 2 is 1.76 bits per heavy atom. The predicted octanol–water partition coefficient (Wildman–Crippen LogP) is 2.80. The maximum atomic E-state index is 13.4. The van der Waals surface area contributed by atoms with E-state index in [2.05, 4.69) is 36.4 Å². The van der Waals surface area contributed by atoms with Crippen LogP contribution in [0.15, 0.2) is 24.5 Å². The smallest absolute Gasteiger partial charge is 0.248 e. The zero-order chi connectivity index (χ0) is 25.5. The maximum absolute atomic E-state index is 13.4. The van der Waals surface area contributed by atoms with Gasteiger partial charge < -0.3 is 25.2 Å². The minimum absolute atomic E-state index is 0.241. The molecule has 1 amide bonds. The molecule has 0 radical (unpaired) electrons. The van der Waals surface area contributed by atoms with Crippen molar-refractivity contribution in [3.63, 3.8) is 0 Å². The molecule has 10 nitrogen and oxygen atoms in total. The second kappa shape index (κ2) is 9.96. The van der Waals surface area contributed by atoms with Gasteiger partial charge in [0, 0.05) is 63.0 Å². The van der Waals surface area contributed by atoms with E-state index in [-0.39, 0.29) is 5.91 Å². The highest BCUT2D eigenvalue weighted by Crippen LogP contribution is 2.40. The summed E-state index contributed by atoms with van der Waals surface area (Å²) in [4.78, 5) is 34.5. The van der Waals surface area contributed by atoms with Crippen molar-refractivity contribution in [1.82, 2.24) is 24.8 Å². The highest BCUT2D eigenvalue weighted by Gasteiger charge is 2.52. The first-order valence-electron chi connectivity index (χ1n) is 14.4. The van der Waals surface area contributed by atoms with Gasteiger partial charge >= 0.3 is 0 Å². The third-order valence-electron chi connectivity index (χ3n) is 9.28. The fraction of sp³-hybridized carbons (Fsp3) is 0.643. The first-order valence-corrected chi connectivity index (χ1v) is 14.4. The van der Waals surface area contributed by atoms with Crippen LogP contribution in [0.5, 0.6) is 0 Å². The van der Waals surface area contributed by atoms with Crippen LogP contribution in [-0.2, 0) is 16.0 Å². The minimum Gasteiger partial charge on any atom is -0.379 e. The number of nitrogens with zero attached hydrogens (tertiary/aromatic N) is 6. The summed E-state index contributed by atoms with van der Waals surface area (Å²) in [5.74, 6) is 2.55. The summed E-state index contributed by atoms with van der Waals surface area (Å²) in [6, 6.07) is 5.20. The molecule has 4 fully saturated rings. The van der Waals surface area contributed by atoms with E-state index in [1.807, 2.05) is 18.5 Å². The fourth-order valence-electron chi connectivity index (χ4n) is 7.12. The number of nitrogens with one attached hydrogen (secondary N) is 2. The number of piperidine rings is 1. The van der Waals surface area contributed by atoms with Crippen molar-refractivity contribution in [1.29, 1.82) is 0 Å². The number of hydrogen-bond acceptors (Lipinski definition) is 9. The van der Waals surface area contributed by atoms with Crippen LogP contribution in [0.3, 0.4) is 0 Å². The summed E-state index contributed by atoms with van der Waals surface area (Å²) in [6.07, 6.45) is 12.3. The van der Waals surface area contributed by atoms with Gasteiger partial charge in [-0.15, -0.1) is 0 Å². The fourth-order valence-corrected chi connectivity index (χ4v) is 7.12. The highest BCUT2D eigenvalue weighted by atomic mass is 16.5. The highest BCUT2D eigenvalue weighted by molar-refractivity contribution is 5.94. The van der Waals surface area contributed by atoms with E-state index in [0.29, 0.717) is 24.5 Å². The summed E-state index contributed by atoms with van der Waals surface area (Å²) in [5.41, 5.74) is 1.33. The minimum atomic E-state index is -0.545. The second-order valence-electron chi connectivity index (χ2n) is 11.5. The number of amides is 1. The van der Waals surface area contributed by atoms with Crippen LogP contribution < -0.4 is 15.5 Å². The number of hydrogen-bond donors (Lipinski definition) is 2. The lowest BCUT2D eigenvalue weighted by Crippen LogP contribution is -2.49. The van der Waals surface area contributed by atoms with Crippen molar-refractivity contribution < 1.29 is 9.53 Å². The molecule has 1 saturated carbocycles. The van der Waals surface area contributed by atoms with Gasteiger partial charge in [0.15, 0.2) is 0 Å². The number of ether oxygens (including phenoxy) is 1. The number of pyridine rings is 1. The molecule has 2 aromatic rings.